The van der Waals surface area contributed by atoms with Crippen LogP contribution in [0, 0.1) is 11.8 Å². The lowest BCUT2D eigenvalue weighted by Crippen LogP contribution is -2.32. The number of nitrogens with one attached hydrogen (secondary N) is 2. The van der Waals surface area contributed by atoms with Crippen LogP contribution in [0.3, 0.4) is 0 Å². The molecule has 2 aliphatic rings. The predicted octanol–water partition coefficient (Wildman–Crippen LogP) is 0.521. The zero-order chi connectivity index (χ0) is 17.3. The van der Waals surface area contributed by atoms with E-state index in [1.54, 1.807) is 4.90 Å². The second-order valence-corrected chi connectivity index (χ2v) is 7.92. The summed E-state index contributed by atoms with van der Waals surface area (Å²) in [5.41, 5.74) is 0.399. The summed E-state index contributed by atoms with van der Waals surface area (Å²) in [7, 11) is -3.99. The highest BCUT2D eigenvalue weighted by atomic mass is 32.2. The van der Waals surface area contributed by atoms with Gasteiger partial charge in [0.05, 0.1) is 11.4 Å². The highest BCUT2D eigenvalue weighted by Gasteiger charge is 2.38. The van der Waals surface area contributed by atoms with Crippen molar-refractivity contribution in [3.8, 4) is 0 Å². The first-order valence-electron chi connectivity index (χ1n) is 7.74. The lowest BCUT2D eigenvalue weighted by Gasteiger charge is -2.17. The second-order valence-electron chi connectivity index (χ2n) is 6.16. The van der Waals surface area contributed by atoms with Crippen LogP contribution in [-0.4, -0.2) is 58.4 Å². The van der Waals surface area contributed by atoms with Crippen molar-refractivity contribution in [2.75, 3.05) is 32.7 Å². The van der Waals surface area contributed by atoms with Crippen LogP contribution >= 0.6 is 0 Å². The first-order chi connectivity index (χ1) is 11.4. The van der Waals surface area contributed by atoms with E-state index in [1.165, 1.54) is 24.3 Å². The van der Waals surface area contributed by atoms with Crippen LogP contribution in [0.4, 0.5) is 8.78 Å². The third-order valence-corrected chi connectivity index (χ3v) is 5.96. The Balaban J connectivity index is 1.67. The van der Waals surface area contributed by atoms with E-state index in [0.717, 1.165) is 13.1 Å². The molecule has 1 aromatic rings. The highest BCUT2D eigenvalue weighted by molar-refractivity contribution is 7.89. The van der Waals surface area contributed by atoms with Crippen molar-refractivity contribution in [3.05, 3.63) is 29.8 Å². The normalized spacial score (nSPS) is 23.7. The summed E-state index contributed by atoms with van der Waals surface area (Å²) in [6, 6.07) is 5.37. The number of nitrogens with zero attached hydrogens (tertiary/aromatic N) is 1. The Labute approximate surface area is 139 Å². The number of hydrogen-bond donors (Lipinski definition) is 2. The van der Waals surface area contributed by atoms with Crippen LogP contribution in [-0.2, 0) is 10.0 Å². The number of likely N-dealkylation sites (tertiary alicyclic amines) is 1. The number of benzene rings is 1. The number of alkyl halides is 2. The molecule has 1 amide bonds. The van der Waals surface area contributed by atoms with Gasteiger partial charge in [-0.1, -0.05) is 0 Å². The van der Waals surface area contributed by atoms with Crippen molar-refractivity contribution in [2.24, 2.45) is 11.8 Å². The van der Waals surface area contributed by atoms with E-state index in [-0.39, 0.29) is 10.8 Å². The van der Waals surface area contributed by atoms with Crippen molar-refractivity contribution in [1.82, 2.24) is 14.9 Å². The number of halogens is 2. The largest absolute Gasteiger partial charge is 0.338 e. The van der Waals surface area contributed by atoms with E-state index >= 15 is 0 Å². The third-order valence-electron chi connectivity index (χ3n) is 4.52. The molecule has 2 heterocycles. The molecular weight excluding hydrogens is 340 g/mol. The monoisotopic (exact) mass is 359 g/mol. The van der Waals surface area contributed by atoms with E-state index in [2.05, 4.69) is 5.32 Å². The van der Waals surface area contributed by atoms with Gasteiger partial charge in [-0.3, -0.25) is 4.79 Å². The summed E-state index contributed by atoms with van der Waals surface area (Å²) in [4.78, 5) is 14.1. The molecule has 6 nitrogen and oxygen atoms in total. The molecule has 1 aromatic carbocycles. The fraction of sp³-hybridized carbons (Fsp3) is 0.533. The minimum atomic E-state index is -3.99. The lowest BCUT2D eigenvalue weighted by molar-refractivity contribution is 0.0781. The number of amides is 1. The second kappa shape index (κ2) is 6.73. The van der Waals surface area contributed by atoms with Crippen LogP contribution in [0.25, 0.3) is 0 Å². The van der Waals surface area contributed by atoms with Gasteiger partial charge in [0, 0.05) is 31.7 Å². The minimum absolute atomic E-state index is 0.131. The van der Waals surface area contributed by atoms with Crippen molar-refractivity contribution >= 4 is 15.9 Å². The molecule has 0 bridgehead atoms. The van der Waals surface area contributed by atoms with Crippen molar-refractivity contribution < 1.29 is 22.0 Å². The standard InChI is InChI=1S/C15H19F2N3O3S/c16-14(17)7-19-24(22,23)13-3-1-10(2-4-13)15(21)20-8-11-5-18-6-12(11)9-20/h1-4,11-12,14,18-19H,5-9H2/t11-,12+. The molecule has 24 heavy (non-hydrogen) atoms. The maximum Gasteiger partial charge on any atom is 0.253 e. The first-order valence-corrected chi connectivity index (χ1v) is 9.23. The van der Waals surface area contributed by atoms with Gasteiger partial charge >= 0.3 is 0 Å². The van der Waals surface area contributed by atoms with Crippen LogP contribution in [0.5, 0.6) is 0 Å². The zero-order valence-corrected chi connectivity index (χ0v) is 13.7. The van der Waals surface area contributed by atoms with Crippen LogP contribution in [0.2, 0.25) is 0 Å². The number of carbonyl (C=O) groups excluding carboxylic acids is 1. The Kier molecular flexibility index (Phi) is 4.84. The molecule has 2 saturated heterocycles. The molecule has 0 saturated carbocycles. The first kappa shape index (κ1) is 17.2. The van der Waals surface area contributed by atoms with Crippen LogP contribution in [0.15, 0.2) is 29.2 Å². The van der Waals surface area contributed by atoms with Gasteiger partial charge in [-0.15, -0.1) is 0 Å². The van der Waals surface area contributed by atoms with Gasteiger partial charge < -0.3 is 10.2 Å². The van der Waals surface area contributed by atoms with Gasteiger partial charge in [0.1, 0.15) is 0 Å². The molecule has 0 unspecified atom stereocenters. The molecule has 0 aliphatic carbocycles. The Hall–Kier alpha value is -1.58. The summed E-state index contributed by atoms with van der Waals surface area (Å²) in [6.07, 6.45) is -2.76. The number of carbonyl (C=O) groups is 1. The number of fused-ring (bicyclic) bond motifs is 1. The van der Waals surface area contributed by atoms with Gasteiger partial charge in [0.2, 0.25) is 10.0 Å². The molecule has 2 aliphatic heterocycles. The fourth-order valence-corrected chi connectivity index (χ4v) is 4.24. The van der Waals surface area contributed by atoms with Crippen LogP contribution < -0.4 is 10.0 Å². The third kappa shape index (κ3) is 3.57. The zero-order valence-electron chi connectivity index (χ0n) is 12.9. The maximum absolute atomic E-state index is 12.5. The van der Waals surface area contributed by atoms with Crippen molar-refractivity contribution in [2.45, 2.75) is 11.3 Å². The van der Waals surface area contributed by atoms with E-state index in [9.17, 15) is 22.0 Å². The van der Waals surface area contributed by atoms with Gasteiger partial charge in [-0.2, -0.15) is 0 Å². The van der Waals surface area contributed by atoms with E-state index < -0.39 is 23.0 Å². The molecule has 3 rings (SSSR count). The molecule has 9 heteroatoms. The van der Waals surface area contributed by atoms with Gasteiger partial charge in [0.15, 0.2) is 0 Å². The highest BCUT2D eigenvalue weighted by Crippen LogP contribution is 2.27. The maximum atomic E-state index is 12.5. The molecule has 0 aromatic heterocycles. The predicted molar refractivity (Wildman–Crippen MR) is 83.4 cm³/mol. The average molecular weight is 359 g/mol. The van der Waals surface area contributed by atoms with Crippen molar-refractivity contribution in [1.29, 1.82) is 0 Å². The smallest absolute Gasteiger partial charge is 0.253 e. The summed E-state index contributed by atoms with van der Waals surface area (Å²) in [5.74, 6) is 0.827. The molecule has 2 N–H and O–H groups in total. The van der Waals surface area contributed by atoms with Gasteiger partial charge in [-0.25, -0.2) is 21.9 Å². The quantitative estimate of drug-likeness (QED) is 0.804. The van der Waals surface area contributed by atoms with Gasteiger partial charge in [0.25, 0.3) is 12.3 Å². The average Bonchev–Trinajstić information content (AvgIpc) is 3.14. The summed E-state index contributed by atoms with van der Waals surface area (Å²) in [6.45, 7) is 2.30. The minimum Gasteiger partial charge on any atom is -0.338 e. The molecule has 132 valence electrons. The topological polar surface area (TPSA) is 78.5 Å². The number of rotatable bonds is 5. The fourth-order valence-electron chi connectivity index (χ4n) is 3.24. The Morgan fingerprint density at radius 1 is 1.21 bits per heavy atom. The molecule has 2 atom stereocenters. The Morgan fingerprint density at radius 3 is 2.33 bits per heavy atom. The van der Waals surface area contributed by atoms with E-state index in [0.29, 0.717) is 30.5 Å². The number of hydrogen-bond acceptors (Lipinski definition) is 4. The molecule has 0 radical (unpaired) electrons. The summed E-state index contributed by atoms with van der Waals surface area (Å²) >= 11 is 0. The molecule has 2 fully saturated rings. The SMILES string of the molecule is O=C(c1ccc(S(=O)(=O)NCC(F)F)cc1)N1C[C@H]2CNC[C@H]2C1. The lowest BCUT2D eigenvalue weighted by atomic mass is 10.0. The molecular formula is C15H19F2N3O3S. The van der Waals surface area contributed by atoms with E-state index in [4.69, 9.17) is 0 Å². The van der Waals surface area contributed by atoms with Gasteiger partial charge in [-0.05, 0) is 36.1 Å². The summed E-state index contributed by atoms with van der Waals surface area (Å²) in [5, 5.41) is 3.30. The Morgan fingerprint density at radius 2 is 1.79 bits per heavy atom. The number of sulfonamides is 1. The van der Waals surface area contributed by atoms with Crippen molar-refractivity contribution in [3.63, 3.8) is 0 Å². The molecule has 0 spiro atoms. The van der Waals surface area contributed by atoms with Crippen LogP contribution in [0.1, 0.15) is 10.4 Å². The Bertz CT molecular complexity index is 697. The summed E-state index contributed by atoms with van der Waals surface area (Å²) < 4.78 is 49.8. The van der Waals surface area contributed by atoms with E-state index in [1.807, 2.05) is 4.72 Å².